The van der Waals surface area contributed by atoms with Crippen LogP contribution >= 0.6 is 15.9 Å². The van der Waals surface area contributed by atoms with Gasteiger partial charge >= 0.3 is 0 Å². The summed E-state index contributed by atoms with van der Waals surface area (Å²) in [6, 6.07) is 11.7. The molecule has 2 aliphatic rings. The topological polar surface area (TPSA) is 47.6 Å². The second-order valence-electron chi connectivity index (χ2n) is 5.87. The van der Waals surface area contributed by atoms with Gasteiger partial charge in [0.05, 0.1) is 0 Å². The number of hydrogen-bond acceptors (Lipinski definition) is 3. The van der Waals surface area contributed by atoms with Crippen LogP contribution in [0.25, 0.3) is 0 Å². The number of ether oxygens (including phenoxy) is 2. The summed E-state index contributed by atoms with van der Waals surface area (Å²) in [6.07, 6.45) is 1.57. The maximum absolute atomic E-state index is 12.5. The van der Waals surface area contributed by atoms with Crippen LogP contribution in [0.5, 0.6) is 11.5 Å². The van der Waals surface area contributed by atoms with Gasteiger partial charge in [0.2, 0.25) is 5.91 Å². The van der Waals surface area contributed by atoms with Crippen molar-refractivity contribution in [1.29, 1.82) is 0 Å². The number of fused-ring (bicyclic) bond motifs is 2. The molecule has 0 bridgehead atoms. The maximum atomic E-state index is 12.5. The zero-order valence-corrected chi connectivity index (χ0v) is 14.1. The molecule has 0 spiro atoms. The molecule has 0 fully saturated rings. The molecule has 4 rings (SSSR count). The molecule has 1 heterocycles. The van der Waals surface area contributed by atoms with Gasteiger partial charge in [-0.1, -0.05) is 22.0 Å². The van der Waals surface area contributed by atoms with Crippen LogP contribution in [0.15, 0.2) is 40.9 Å². The molecule has 0 saturated heterocycles. The highest BCUT2D eigenvalue weighted by atomic mass is 79.9. The zero-order valence-electron chi connectivity index (χ0n) is 12.5. The summed E-state index contributed by atoms with van der Waals surface area (Å²) < 4.78 is 12.1. The minimum Gasteiger partial charge on any atom is -0.486 e. The Labute approximate surface area is 142 Å². The minimum absolute atomic E-state index is 0.0208. The highest BCUT2D eigenvalue weighted by Crippen LogP contribution is 2.34. The Morgan fingerprint density at radius 2 is 1.78 bits per heavy atom. The Hall–Kier alpha value is -2.01. The van der Waals surface area contributed by atoms with Crippen molar-refractivity contribution in [2.45, 2.75) is 12.8 Å². The van der Waals surface area contributed by atoms with Crippen LogP contribution in [0, 0.1) is 5.92 Å². The number of rotatable bonds is 2. The van der Waals surface area contributed by atoms with Crippen molar-refractivity contribution in [3.05, 3.63) is 52.0 Å². The van der Waals surface area contributed by atoms with E-state index < -0.39 is 0 Å². The lowest BCUT2D eigenvalue weighted by molar-refractivity contribution is -0.119. The van der Waals surface area contributed by atoms with E-state index in [0.29, 0.717) is 19.0 Å². The van der Waals surface area contributed by atoms with E-state index in [4.69, 9.17) is 9.47 Å². The molecule has 1 atom stereocenters. The van der Waals surface area contributed by atoms with Crippen molar-refractivity contribution in [1.82, 2.24) is 0 Å². The van der Waals surface area contributed by atoms with Gasteiger partial charge in [-0.25, -0.2) is 0 Å². The van der Waals surface area contributed by atoms with E-state index in [9.17, 15) is 4.79 Å². The van der Waals surface area contributed by atoms with E-state index in [-0.39, 0.29) is 11.8 Å². The normalized spacial score (nSPS) is 18.4. The third-order valence-corrected chi connectivity index (χ3v) is 4.77. The standard InChI is InChI=1S/C18H16BrNO3/c19-14-2-1-11-7-13(8-12(11)9-14)18(21)20-15-3-4-16-17(10-15)23-6-5-22-16/h1-4,9-10,13H,5-8H2,(H,20,21). The lowest BCUT2D eigenvalue weighted by atomic mass is 10.1. The second kappa shape index (κ2) is 5.89. The first-order valence-corrected chi connectivity index (χ1v) is 8.46. The molecule has 118 valence electrons. The predicted octanol–water partition coefficient (Wildman–Crippen LogP) is 3.57. The van der Waals surface area contributed by atoms with Crippen molar-refractivity contribution < 1.29 is 14.3 Å². The number of halogens is 1. The summed E-state index contributed by atoms with van der Waals surface area (Å²) in [5.41, 5.74) is 3.26. The monoisotopic (exact) mass is 373 g/mol. The molecule has 2 aromatic rings. The van der Waals surface area contributed by atoms with Gasteiger partial charge in [0.15, 0.2) is 11.5 Å². The molecule has 1 unspecified atom stereocenters. The van der Waals surface area contributed by atoms with Crippen molar-refractivity contribution in [3.63, 3.8) is 0 Å². The van der Waals surface area contributed by atoms with Crippen molar-refractivity contribution in [2.75, 3.05) is 18.5 Å². The molecule has 1 aliphatic carbocycles. The molecule has 4 nitrogen and oxygen atoms in total. The van der Waals surface area contributed by atoms with Crippen LogP contribution < -0.4 is 14.8 Å². The lowest BCUT2D eigenvalue weighted by Gasteiger charge is -2.19. The Morgan fingerprint density at radius 3 is 2.65 bits per heavy atom. The first-order valence-electron chi connectivity index (χ1n) is 7.67. The summed E-state index contributed by atoms with van der Waals surface area (Å²) in [4.78, 5) is 12.5. The third kappa shape index (κ3) is 2.93. The molecule has 23 heavy (non-hydrogen) atoms. The number of carbonyl (C=O) groups excluding carboxylic acids is 1. The minimum atomic E-state index is -0.0208. The predicted molar refractivity (Wildman–Crippen MR) is 91.1 cm³/mol. The fraction of sp³-hybridized carbons (Fsp3) is 0.278. The molecular weight excluding hydrogens is 358 g/mol. The average Bonchev–Trinajstić information content (AvgIpc) is 2.98. The summed E-state index contributed by atoms with van der Waals surface area (Å²) in [5.74, 6) is 1.45. The van der Waals surface area contributed by atoms with E-state index in [1.165, 1.54) is 11.1 Å². The summed E-state index contributed by atoms with van der Waals surface area (Å²) in [7, 11) is 0. The van der Waals surface area contributed by atoms with Gasteiger partial charge in [-0.15, -0.1) is 0 Å². The fourth-order valence-corrected chi connectivity index (χ4v) is 3.55. The van der Waals surface area contributed by atoms with E-state index in [2.05, 4.69) is 33.4 Å². The highest BCUT2D eigenvalue weighted by molar-refractivity contribution is 9.10. The van der Waals surface area contributed by atoms with Gasteiger partial charge in [-0.2, -0.15) is 0 Å². The molecule has 1 aliphatic heterocycles. The Kier molecular flexibility index (Phi) is 3.73. The van der Waals surface area contributed by atoms with Crippen LogP contribution in [0.2, 0.25) is 0 Å². The molecule has 5 heteroatoms. The Bertz CT molecular complexity index is 775. The van der Waals surface area contributed by atoms with Crippen LogP contribution in [0.3, 0.4) is 0 Å². The van der Waals surface area contributed by atoms with E-state index in [1.54, 1.807) is 0 Å². The van der Waals surface area contributed by atoms with Gasteiger partial charge in [0, 0.05) is 22.1 Å². The van der Waals surface area contributed by atoms with E-state index >= 15 is 0 Å². The van der Waals surface area contributed by atoms with E-state index in [0.717, 1.165) is 28.8 Å². The average molecular weight is 374 g/mol. The van der Waals surface area contributed by atoms with Crippen LogP contribution in [0.4, 0.5) is 5.69 Å². The van der Waals surface area contributed by atoms with Gasteiger partial charge in [-0.3, -0.25) is 4.79 Å². The van der Waals surface area contributed by atoms with Crippen LogP contribution in [-0.2, 0) is 17.6 Å². The molecule has 0 aromatic heterocycles. The first-order chi connectivity index (χ1) is 11.2. The second-order valence-corrected chi connectivity index (χ2v) is 6.78. The van der Waals surface area contributed by atoms with Gasteiger partial charge in [0.1, 0.15) is 13.2 Å². The largest absolute Gasteiger partial charge is 0.486 e. The van der Waals surface area contributed by atoms with Gasteiger partial charge < -0.3 is 14.8 Å². The van der Waals surface area contributed by atoms with Gasteiger partial charge in [-0.05, 0) is 48.2 Å². The smallest absolute Gasteiger partial charge is 0.228 e. The van der Waals surface area contributed by atoms with Crippen molar-refractivity contribution in [3.8, 4) is 11.5 Å². The molecule has 0 radical (unpaired) electrons. The van der Waals surface area contributed by atoms with Crippen LogP contribution in [0.1, 0.15) is 11.1 Å². The number of amides is 1. The highest BCUT2D eigenvalue weighted by Gasteiger charge is 2.27. The number of hydrogen-bond donors (Lipinski definition) is 1. The summed E-state index contributed by atoms with van der Waals surface area (Å²) in [6.45, 7) is 1.10. The summed E-state index contributed by atoms with van der Waals surface area (Å²) in [5, 5.41) is 3.00. The molecular formula is C18H16BrNO3. The number of anilines is 1. The fourth-order valence-electron chi connectivity index (χ4n) is 3.14. The molecule has 1 amide bonds. The molecule has 0 saturated carbocycles. The Balaban J connectivity index is 1.47. The lowest BCUT2D eigenvalue weighted by Crippen LogP contribution is -2.23. The third-order valence-electron chi connectivity index (χ3n) is 4.28. The summed E-state index contributed by atoms with van der Waals surface area (Å²) >= 11 is 3.48. The first kappa shape index (κ1) is 14.6. The quantitative estimate of drug-likeness (QED) is 0.874. The Morgan fingerprint density at radius 1 is 1.00 bits per heavy atom. The number of carbonyl (C=O) groups is 1. The number of nitrogens with one attached hydrogen (secondary N) is 1. The van der Waals surface area contributed by atoms with Crippen molar-refractivity contribution >= 4 is 27.5 Å². The SMILES string of the molecule is O=C(Nc1ccc2c(c1)OCCO2)C1Cc2ccc(Br)cc2C1. The van der Waals surface area contributed by atoms with Gasteiger partial charge in [0.25, 0.3) is 0 Å². The zero-order chi connectivity index (χ0) is 15.8. The molecule has 1 N–H and O–H groups in total. The number of benzene rings is 2. The van der Waals surface area contributed by atoms with E-state index in [1.807, 2.05) is 24.3 Å². The van der Waals surface area contributed by atoms with Crippen LogP contribution in [-0.4, -0.2) is 19.1 Å². The molecule has 2 aromatic carbocycles. The van der Waals surface area contributed by atoms with Crippen molar-refractivity contribution in [2.24, 2.45) is 5.92 Å². The maximum Gasteiger partial charge on any atom is 0.228 e.